The molecule has 0 aromatic heterocycles. The molecule has 1 aliphatic heterocycles. The van der Waals surface area contributed by atoms with Gasteiger partial charge in [-0.05, 0) is 68.3 Å². The van der Waals surface area contributed by atoms with Gasteiger partial charge in [0.05, 0.1) is 0 Å². The molecule has 0 spiro atoms. The molecular weight excluding hydrogens is 232 g/mol. The second-order valence-electron chi connectivity index (χ2n) is 6.46. The van der Waals surface area contributed by atoms with Crippen LogP contribution in [0.15, 0.2) is 18.2 Å². The minimum atomic E-state index is 0.639. The zero-order valence-electron chi connectivity index (χ0n) is 12.3. The molecule has 2 unspecified atom stereocenters. The van der Waals surface area contributed by atoms with E-state index in [-0.39, 0.29) is 0 Å². The van der Waals surface area contributed by atoms with Crippen LogP contribution in [-0.4, -0.2) is 25.7 Å². The highest BCUT2D eigenvalue weighted by molar-refractivity contribution is 5.52. The molecule has 1 saturated heterocycles. The smallest absolute Gasteiger partial charge is 0.0369 e. The molecular formula is C17H26N2. The SMILES string of the molecule is CC1CNC(C)CCN(c2ccc3c(c2)CCC3)C1. The molecule has 2 aliphatic rings. The van der Waals surface area contributed by atoms with Gasteiger partial charge in [-0.2, -0.15) is 0 Å². The fourth-order valence-corrected chi connectivity index (χ4v) is 3.38. The summed E-state index contributed by atoms with van der Waals surface area (Å²) in [6.45, 7) is 8.16. The van der Waals surface area contributed by atoms with Crippen LogP contribution >= 0.6 is 0 Å². The summed E-state index contributed by atoms with van der Waals surface area (Å²) in [6, 6.07) is 7.80. The summed E-state index contributed by atoms with van der Waals surface area (Å²) < 4.78 is 0. The highest BCUT2D eigenvalue weighted by Gasteiger charge is 2.18. The summed E-state index contributed by atoms with van der Waals surface area (Å²) in [4.78, 5) is 2.60. The lowest BCUT2D eigenvalue weighted by molar-refractivity contribution is 0.411. The van der Waals surface area contributed by atoms with Crippen molar-refractivity contribution < 1.29 is 0 Å². The number of nitrogens with zero attached hydrogens (tertiary/aromatic N) is 1. The third-order valence-corrected chi connectivity index (χ3v) is 4.63. The molecule has 1 heterocycles. The van der Waals surface area contributed by atoms with Crippen molar-refractivity contribution in [1.29, 1.82) is 0 Å². The number of fused-ring (bicyclic) bond motifs is 1. The second kappa shape index (κ2) is 5.54. The first-order chi connectivity index (χ1) is 9.22. The fourth-order valence-electron chi connectivity index (χ4n) is 3.38. The lowest BCUT2D eigenvalue weighted by atomic mass is 10.0. The molecule has 1 aromatic carbocycles. The number of benzene rings is 1. The van der Waals surface area contributed by atoms with Crippen molar-refractivity contribution in [2.75, 3.05) is 24.5 Å². The Morgan fingerprint density at radius 2 is 2.00 bits per heavy atom. The maximum absolute atomic E-state index is 3.62. The molecule has 2 atom stereocenters. The number of nitrogens with one attached hydrogen (secondary N) is 1. The summed E-state index contributed by atoms with van der Waals surface area (Å²) in [5.41, 5.74) is 4.62. The fraction of sp³-hybridized carbons (Fsp3) is 0.647. The van der Waals surface area contributed by atoms with Crippen molar-refractivity contribution in [3.8, 4) is 0 Å². The van der Waals surface area contributed by atoms with Gasteiger partial charge in [-0.1, -0.05) is 13.0 Å². The van der Waals surface area contributed by atoms with E-state index in [0.29, 0.717) is 6.04 Å². The van der Waals surface area contributed by atoms with E-state index in [9.17, 15) is 0 Å². The van der Waals surface area contributed by atoms with Gasteiger partial charge in [-0.3, -0.25) is 0 Å². The van der Waals surface area contributed by atoms with Gasteiger partial charge in [-0.15, -0.1) is 0 Å². The van der Waals surface area contributed by atoms with E-state index in [1.54, 1.807) is 11.1 Å². The van der Waals surface area contributed by atoms with Crippen LogP contribution in [0.5, 0.6) is 0 Å². The van der Waals surface area contributed by atoms with Crippen LogP contribution < -0.4 is 10.2 Å². The van der Waals surface area contributed by atoms with Crippen molar-refractivity contribution in [2.24, 2.45) is 5.92 Å². The zero-order valence-corrected chi connectivity index (χ0v) is 12.3. The van der Waals surface area contributed by atoms with Gasteiger partial charge in [0.15, 0.2) is 0 Å². The quantitative estimate of drug-likeness (QED) is 0.833. The molecule has 104 valence electrons. The predicted octanol–water partition coefficient (Wildman–Crippen LogP) is 3.00. The summed E-state index contributed by atoms with van der Waals surface area (Å²) in [7, 11) is 0. The predicted molar refractivity (Wildman–Crippen MR) is 81.9 cm³/mol. The molecule has 19 heavy (non-hydrogen) atoms. The Morgan fingerprint density at radius 3 is 2.89 bits per heavy atom. The first kappa shape index (κ1) is 13.0. The summed E-state index contributed by atoms with van der Waals surface area (Å²) in [6.07, 6.45) is 5.15. The monoisotopic (exact) mass is 258 g/mol. The van der Waals surface area contributed by atoms with Crippen LogP contribution in [0, 0.1) is 5.92 Å². The molecule has 0 bridgehead atoms. The lowest BCUT2D eigenvalue weighted by Gasteiger charge is -2.33. The number of hydrogen-bond donors (Lipinski definition) is 1. The third kappa shape index (κ3) is 2.94. The van der Waals surface area contributed by atoms with E-state index < -0.39 is 0 Å². The van der Waals surface area contributed by atoms with Crippen molar-refractivity contribution >= 4 is 5.69 Å². The summed E-state index contributed by atoms with van der Waals surface area (Å²) in [5, 5.41) is 3.62. The molecule has 1 aromatic rings. The Labute approximate surface area is 117 Å². The maximum Gasteiger partial charge on any atom is 0.0369 e. The van der Waals surface area contributed by atoms with E-state index >= 15 is 0 Å². The van der Waals surface area contributed by atoms with Crippen LogP contribution in [0.25, 0.3) is 0 Å². The van der Waals surface area contributed by atoms with Crippen LogP contribution in [0.4, 0.5) is 5.69 Å². The molecule has 3 rings (SSSR count). The Bertz CT molecular complexity index is 441. The zero-order chi connectivity index (χ0) is 13.2. The number of anilines is 1. The average molecular weight is 258 g/mol. The minimum absolute atomic E-state index is 0.639. The van der Waals surface area contributed by atoms with Gasteiger partial charge in [0.1, 0.15) is 0 Å². The molecule has 0 saturated carbocycles. The van der Waals surface area contributed by atoms with Gasteiger partial charge in [0.25, 0.3) is 0 Å². The van der Waals surface area contributed by atoms with E-state index in [1.165, 1.54) is 44.5 Å². The normalized spacial score (nSPS) is 27.8. The average Bonchev–Trinajstić information content (AvgIpc) is 2.86. The highest BCUT2D eigenvalue weighted by atomic mass is 15.1. The van der Waals surface area contributed by atoms with Gasteiger partial charge in [-0.25, -0.2) is 0 Å². The summed E-state index contributed by atoms with van der Waals surface area (Å²) >= 11 is 0. The summed E-state index contributed by atoms with van der Waals surface area (Å²) in [5.74, 6) is 0.719. The second-order valence-corrected chi connectivity index (χ2v) is 6.46. The van der Waals surface area contributed by atoms with Gasteiger partial charge < -0.3 is 10.2 Å². The van der Waals surface area contributed by atoms with E-state index in [2.05, 4.69) is 42.3 Å². The largest absolute Gasteiger partial charge is 0.371 e. The van der Waals surface area contributed by atoms with E-state index in [1.807, 2.05) is 0 Å². The van der Waals surface area contributed by atoms with Crippen molar-refractivity contribution in [2.45, 2.75) is 45.6 Å². The Balaban J connectivity index is 1.79. The van der Waals surface area contributed by atoms with Crippen LogP contribution in [0.3, 0.4) is 0 Å². The van der Waals surface area contributed by atoms with Gasteiger partial charge >= 0.3 is 0 Å². The standard InChI is InChI=1S/C17H26N2/c1-13-11-18-14(2)8-9-19(12-13)17-7-6-15-4-3-5-16(15)10-17/h6-7,10,13-14,18H,3-5,8-9,11-12H2,1-2H3. The Morgan fingerprint density at radius 1 is 1.16 bits per heavy atom. The van der Waals surface area contributed by atoms with Gasteiger partial charge in [0, 0.05) is 24.8 Å². The molecule has 0 amide bonds. The van der Waals surface area contributed by atoms with Crippen molar-refractivity contribution in [1.82, 2.24) is 5.32 Å². The molecule has 2 heteroatoms. The Kier molecular flexibility index (Phi) is 3.79. The van der Waals surface area contributed by atoms with Crippen LogP contribution in [0.1, 0.15) is 37.8 Å². The molecule has 2 nitrogen and oxygen atoms in total. The molecule has 0 radical (unpaired) electrons. The van der Waals surface area contributed by atoms with E-state index in [4.69, 9.17) is 0 Å². The number of rotatable bonds is 1. The molecule has 1 N–H and O–H groups in total. The lowest BCUT2D eigenvalue weighted by Crippen LogP contribution is -2.42. The number of hydrogen-bond acceptors (Lipinski definition) is 2. The molecule has 1 aliphatic carbocycles. The van der Waals surface area contributed by atoms with Gasteiger partial charge in [0.2, 0.25) is 0 Å². The van der Waals surface area contributed by atoms with E-state index in [0.717, 1.165) is 12.5 Å². The van der Waals surface area contributed by atoms with Crippen molar-refractivity contribution in [3.05, 3.63) is 29.3 Å². The maximum atomic E-state index is 3.62. The van der Waals surface area contributed by atoms with Crippen LogP contribution in [-0.2, 0) is 12.8 Å². The third-order valence-electron chi connectivity index (χ3n) is 4.63. The van der Waals surface area contributed by atoms with Crippen molar-refractivity contribution in [3.63, 3.8) is 0 Å². The topological polar surface area (TPSA) is 15.3 Å². The van der Waals surface area contributed by atoms with Crippen LogP contribution in [0.2, 0.25) is 0 Å². The molecule has 1 fully saturated rings. The Hall–Kier alpha value is -1.02. The first-order valence-corrected chi connectivity index (χ1v) is 7.82. The highest BCUT2D eigenvalue weighted by Crippen LogP contribution is 2.27. The first-order valence-electron chi connectivity index (χ1n) is 7.82. The number of aryl methyl sites for hydroxylation is 2. The minimum Gasteiger partial charge on any atom is -0.371 e.